The summed E-state index contributed by atoms with van der Waals surface area (Å²) in [5, 5.41) is 9.84. The van der Waals surface area contributed by atoms with Gasteiger partial charge in [-0.1, -0.05) is 25.1 Å². The van der Waals surface area contributed by atoms with Crippen LogP contribution in [0.25, 0.3) is 17.1 Å². The Balaban J connectivity index is 1.85. The molecule has 2 heterocycles. The fourth-order valence-corrected chi connectivity index (χ4v) is 2.43. The van der Waals surface area contributed by atoms with Crippen molar-refractivity contribution < 1.29 is 14.0 Å². The van der Waals surface area contributed by atoms with Gasteiger partial charge in [0.2, 0.25) is 5.91 Å². The predicted molar refractivity (Wildman–Crippen MR) is 96.9 cm³/mol. The van der Waals surface area contributed by atoms with Gasteiger partial charge >= 0.3 is 0 Å². The molecule has 3 rings (SSSR count). The van der Waals surface area contributed by atoms with Crippen LogP contribution in [-0.4, -0.2) is 34.7 Å². The van der Waals surface area contributed by atoms with Gasteiger partial charge in [0.25, 0.3) is 5.91 Å². The van der Waals surface area contributed by atoms with E-state index in [1.54, 1.807) is 24.5 Å². The summed E-state index contributed by atoms with van der Waals surface area (Å²) in [7, 11) is 0. The zero-order valence-electron chi connectivity index (χ0n) is 14.4. The van der Waals surface area contributed by atoms with Crippen LogP contribution in [0.5, 0.6) is 0 Å². The number of hydrogen-bond donors (Lipinski definition) is 2. The summed E-state index contributed by atoms with van der Waals surface area (Å²) in [5.41, 5.74) is 1.61. The van der Waals surface area contributed by atoms with Gasteiger partial charge in [0.1, 0.15) is 11.4 Å². The molecule has 134 valence electrons. The Morgan fingerprint density at radius 1 is 1.12 bits per heavy atom. The molecule has 0 aliphatic carbocycles. The highest BCUT2D eigenvalue weighted by molar-refractivity contribution is 5.96. The number of rotatable bonds is 7. The van der Waals surface area contributed by atoms with E-state index in [0.29, 0.717) is 23.7 Å². The number of furan rings is 1. The molecule has 2 N–H and O–H groups in total. The Hall–Kier alpha value is -3.35. The molecule has 1 aromatic carbocycles. The van der Waals surface area contributed by atoms with Crippen LogP contribution in [0.1, 0.15) is 23.8 Å². The average molecular weight is 352 g/mol. The van der Waals surface area contributed by atoms with Crippen molar-refractivity contribution in [2.75, 3.05) is 13.1 Å². The minimum atomic E-state index is -0.384. The van der Waals surface area contributed by atoms with Crippen molar-refractivity contribution in [3.63, 3.8) is 0 Å². The molecule has 2 aromatic heterocycles. The van der Waals surface area contributed by atoms with Crippen LogP contribution < -0.4 is 10.6 Å². The van der Waals surface area contributed by atoms with E-state index in [0.717, 1.165) is 12.1 Å². The van der Waals surface area contributed by atoms with Crippen LogP contribution in [-0.2, 0) is 4.79 Å². The first-order valence-electron chi connectivity index (χ1n) is 8.43. The Bertz CT molecular complexity index is 870. The summed E-state index contributed by atoms with van der Waals surface area (Å²) in [6.07, 6.45) is 2.39. The van der Waals surface area contributed by atoms with Crippen molar-refractivity contribution in [1.29, 1.82) is 0 Å². The van der Waals surface area contributed by atoms with Crippen LogP contribution in [0.4, 0.5) is 0 Å². The third-order valence-electron chi connectivity index (χ3n) is 3.70. The summed E-state index contributed by atoms with van der Waals surface area (Å²) in [5.74, 6) is -0.0440. The molecule has 0 atom stereocenters. The van der Waals surface area contributed by atoms with Crippen molar-refractivity contribution in [3.8, 4) is 17.1 Å². The van der Waals surface area contributed by atoms with Crippen molar-refractivity contribution in [1.82, 2.24) is 20.4 Å². The normalized spacial score (nSPS) is 10.5. The third kappa shape index (κ3) is 4.00. The summed E-state index contributed by atoms with van der Waals surface area (Å²) in [6, 6.07) is 14.5. The summed E-state index contributed by atoms with van der Waals surface area (Å²) >= 11 is 0. The van der Waals surface area contributed by atoms with E-state index in [1.807, 2.05) is 37.3 Å². The maximum atomic E-state index is 12.6. The average Bonchev–Trinajstić information content (AvgIpc) is 3.34. The van der Waals surface area contributed by atoms with Gasteiger partial charge in [0.15, 0.2) is 5.76 Å². The molecule has 3 aromatic rings. The molecule has 7 heteroatoms. The Morgan fingerprint density at radius 3 is 2.62 bits per heavy atom. The van der Waals surface area contributed by atoms with E-state index in [9.17, 15) is 9.59 Å². The Morgan fingerprint density at radius 2 is 1.92 bits per heavy atom. The van der Waals surface area contributed by atoms with Gasteiger partial charge in [-0.2, -0.15) is 5.10 Å². The fraction of sp³-hybridized carbons (Fsp3) is 0.211. The number of benzene rings is 1. The van der Waals surface area contributed by atoms with E-state index in [2.05, 4.69) is 15.7 Å². The number of nitrogens with one attached hydrogen (secondary N) is 2. The zero-order valence-corrected chi connectivity index (χ0v) is 14.4. The quantitative estimate of drug-likeness (QED) is 0.683. The number of nitrogens with zero attached hydrogens (tertiary/aromatic N) is 2. The molecule has 0 aliphatic rings. The molecular weight excluding hydrogens is 332 g/mol. The van der Waals surface area contributed by atoms with E-state index < -0.39 is 0 Å². The number of para-hydroxylation sites is 1. The lowest BCUT2D eigenvalue weighted by Gasteiger charge is -2.08. The van der Waals surface area contributed by atoms with Crippen molar-refractivity contribution in [2.24, 2.45) is 0 Å². The standard InChI is InChI=1S/C19H20N4O3/c1-2-10-20-18(24)13-21-19(25)16-12-15(17-9-6-11-26-17)22-23(16)14-7-4-3-5-8-14/h3-9,11-12H,2,10,13H2,1H3,(H,20,24)(H,21,25). The first kappa shape index (κ1) is 17.5. The van der Waals surface area contributed by atoms with E-state index >= 15 is 0 Å². The Labute approximate surface area is 151 Å². The maximum absolute atomic E-state index is 12.6. The van der Waals surface area contributed by atoms with Crippen molar-refractivity contribution in [2.45, 2.75) is 13.3 Å². The number of aromatic nitrogens is 2. The zero-order chi connectivity index (χ0) is 18.4. The van der Waals surface area contributed by atoms with E-state index in [-0.39, 0.29) is 18.4 Å². The summed E-state index contributed by atoms with van der Waals surface area (Å²) < 4.78 is 6.91. The van der Waals surface area contributed by atoms with Gasteiger partial charge in [0.05, 0.1) is 18.5 Å². The first-order valence-corrected chi connectivity index (χ1v) is 8.43. The van der Waals surface area contributed by atoms with Crippen LogP contribution in [0, 0.1) is 0 Å². The maximum Gasteiger partial charge on any atom is 0.270 e. The second kappa shape index (κ2) is 8.15. The molecule has 26 heavy (non-hydrogen) atoms. The second-order valence-electron chi connectivity index (χ2n) is 5.67. The largest absolute Gasteiger partial charge is 0.463 e. The van der Waals surface area contributed by atoms with Crippen molar-refractivity contribution >= 4 is 11.8 Å². The Kier molecular flexibility index (Phi) is 5.48. The van der Waals surface area contributed by atoms with Gasteiger partial charge in [-0.15, -0.1) is 0 Å². The number of amides is 2. The predicted octanol–water partition coefficient (Wildman–Crippen LogP) is 2.39. The smallest absolute Gasteiger partial charge is 0.270 e. The van der Waals surface area contributed by atoms with Gasteiger partial charge in [-0.3, -0.25) is 9.59 Å². The topological polar surface area (TPSA) is 89.2 Å². The minimum absolute atomic E-state index is 0.0884. The van der Waals surface area contributed by atoms with Crippen LogP contribution >= 0.6 is 0 Å². The molecule has 0 saturated carbocycles. The highest BCUT2D eigenvalue weighted by atomic mass is 16.3. The highest BCUT2D eigenvalue weighted by Crippen LogP contribution is 2.22. The lowest BCUT2D eigenvalue weighted by Crippen LogP contribution is -2.37. The molecule has 0 unspecified atom stereocenters. The van der Waals surface area contributed by atoms with Gasteiger partial charge in [-0.05, 0) is 30.7 Å². The summed E-state index contributed by atoms with van der Waals surface area (Å²) in [6.45, 7) is 2.46. The molecular formula is C19H20N4O3. The molecule has 2 amide bonds. The van der Waals surface area contributed by atoms with Crippen LogP contribution in [0.3, 0.4) is 0 Å². The van der Waals surface area contributed by atoms with Gasteiger partial charge in [-0.25, -0.2) is 4.68 Å². The lowest BCUT2D eigenvalue weighted by atomic mass is 10.2. The van der Waals surface area contributed by atoms with Crippen LogP contribution in [0.15, 0.2) is 59.2 Å². The molecule has 0 bridgehead atoms. The van der Waals surface area contributed by atoms with Crippen molar-refractivity contribution in [3.05, 3.63) is 60.5 Å². The van der Waals surface area contributed by atoms with Crippen LogP contribution in [0.2, 0.25) is 0 Å². The molecule has 0 radical (unpaired) electrons. The first-order chi connectivity index (χ1) is 12.7. The second-order valence-corrected chi connectivity index (χ2v) is 5.67. The molecule has 7 nitrogen and oxygen atoms in total. The highest BCUT2D eigenvalue weighted by Gasteiger charge is 2.19. The molecule has 0 saturated heterocycles. The van der Waals surface area contributed by atoms with E-state index in [4.69, 9.17) is 4.42 Å². The molecule has 0 aliphatic heterocycles. The monoisotopic (exact) mass is 352 g/mol. The molecule has 0 fully saturated rings. The summed E-state index contributed by atoms with van der Waals surface area (Å²) in [4.78, 5) is 24.3. The minimum Gasteiger partial charge on any atom is -0.463 e. The fourth-order valence-electron chi connectivity index (χ4n) is 2.43. The number of carbonyl (C=O) groups excluding carboxylic acids is 2. The number of hydrogen-bond acceptors (Lipinski definition) is 4. The molecule has 0 spiro atoms. The third-order valence-corrected chi connectivity index (χ3v) is 3.70. The number of carbonyl (C=O) groups is 2. The SMILES string of the molecule is CCCNC(=O)CNC(=O)c1cc(-c2ccco2)nn1-c1ccccc1. The van der Waals surface area contributed by atoms with Gasteiger partial charge in [0, 0.05) is 12.6 Å². The van der Waals surface area contributed by atoms with E-state index in [1.165, 1.54) is 4.68 Å². The van der Waals surface area contributed by atoms with Gasteiger partial charge < -0.3 is 15.1 Å². The lowest BCUT2D eigenvalue weighted by molar-refractivity contribution is -0.120.